The van der Waals surface area contributed by atoms with Crippen molar-refractivity contribution in [3.63, 3.8) is 0 Å². The zero-order valence-corrected chi connectivity index (χ0v) is 24.5. The minimum absolute atomic E-state index is 0.525. The van der Waals surface area contributed by atoms with Gasteiger partial charge in [0.15, 0.2) is 23.2 Å². The number of imidazole rings is 1. The van der Waals surface area contributed by atoms with Gasteiger partial charge in [-0.2, -0.15) is 0 Å². The molecule has 2 aliphatic heterocycles. The van der Waals surface area contributed by atoms with Crippen molar-refractivity contribution in [2.75, 3.05) is 19.5 Å². The van der Waals surface area contributed by atoms with Crippen LogP contribution in [0.1, 0.15) is 29.8 Å². The Bertz CT molecular complexity index is 1680. The summed E-state index contributed by atoms with van der Waals surface area (Å²) in [5, 5.41) is 14.2. The van der Waals surface area contributed by atoms with E-state index in [1.54, 1.807) is 24.9 Å². The SMILES string of the molecule is COc1ccc(C(Nc2ncnc3c2ncn3[C@@H]2O[C@H]([C@@H](C)O)[C@H]3OC(OC)O[C@H]32)(c2ccccc2)c2ccccc2)cc1. The average Bonchev–Trinajstić information content (AvgIpc) is 3.78. The molecule has 6 atom stereocenters. The van der Waals surface area contributed by atoms with Gasteiger partial charge in [-0.25, -0.2) is 15.0 Å². The number of nitrogens with zero attached hydrogens (tertiary/aromatic N) is 4. The fraction of sp³-hybridized carbons (Fsp3) is 0.303. The van der Waals surface area contributed by atoms with E-state index < -0.39 is 42.7 Å². The topological polar surface area (TPSA) is 122 Å². The van der Waals surface area contributed by atoms with Crippen LogP contribution >= 0.6 is 0 Å². The number of methoxy groups -OCH3 is 2. The number of hydrogen-bond donors (Lipinski definition) is 2. The average molecular weight is 596 g/mol. The zero-order valence-electron chi connectivity index (χ0n) is 24.5. The molecular formula is C33H33N5O6. The minimum Gasteiger partial charge on any atom is -0.497 e. The third kappa shape index (κ3) is 4.70. The lowest BCUT2D eigenvalue weighted by Crippen LogP contribution is -2.38. The zero-order chi connectivity index (χ0) is 30.3. The Kier molecular flexibility index (Phi) is 7.48. The monoisotopic (exact) mass is 595 g/mol. The van der Waals surface area contributed by atoms with E-state index >= 15 is 0 Å². The van der Waals surface area contributed by atoms with Gasteiger partial charge in [0.1, 0.15) is 35.9 Å². The molecule has 2 N–H and O–H groups in total. The number of rotatable bonds is 9. The Labute approximate surface area is 254 Å². The first-order chi connectivity index (χ1) is 21.5. The maximum atomic E-state index is 10.4. The molecule has 2 aromatic heterocycles. The molecule has 0 spiro atoms. The largest absolute Gasteiger partial charge is 0.497 e. The summed E-state index contributed by atoms with van der Waals surface area (Å²) >= 11 is 0. The number of fused-ring (bicyclic) bond motifs is 2. The molecule has 44 heavy (non-hydrogen) atoms. The number of nitrogens with one attached hydrogen (secondary N) is 1. The highest BCUT2D eigenvalue weighted by Gasteiger charge is 2.55. The summed E-state index contributed by atoms with van der Waals surface area (Å²) in [6.07, 6.45) is -0.00488. The summed E-state index contributed by atoms with van der Waals surface area (Å²) in [5.74, 6) is 1.28. The lowest BCUT2D eigenvalue weighted by atomic mass is 9.77. The molecule has 2 saturated heterocycles. The lowest BCUT2D eigenvalue weighted by molar-refractivity contribution is -0.259. The van der Waals surface area contributed by atoms with Crippen LogP contribution in [0.2, 0.25) is 0 Å². The van der Waals surface area contributed by atoms with E-state index in [1.807, 2.05) is 48.5 Å². The molecule has 0 amide bonds. The standard InChI is InChI=1S/C33H33N5O6/c1-20(39)26-27-28(44-32(41-3)43-27)31(42-26)38-19-36-25-29(34-18-35-30(25)38)37-33(21-10-6-4-7-11-21,22-12-8-5-9-13-22)23-14-16-24(40-2)17-15-23/h4-20,26-28,31-32,39H,1-3H3,(H,34,35,37)/t20-,26-,27-,28-,31-,32?/m1/s1. The maximum absolute atomic E-state index is 10.4. The van der Waals surface area contributed by atoms with Gasteiger partial charge in [0, 0.05) is 7.11 Å². The smallest absolute Gasteiger partial charge is 0.272 e. The van der Waals surface area contributed by atoms with Crippen molar-refractivity contribution in [3.05, 3.63) is 114 Å². The van der Waals surface area contributed by atoms with Gasteiger partial charge in [-0.1, -0.05) is 72.8 Å². The molecule has 0 saturated carbocycles. The van der Waals surface area contributed by atoms with E-state index in [2.05, 4.69) is 46.7 Å². The number of anilines is 1. The second kappa shape index (κ2) is 11.6. The highest BCUT2D eigenvalue weighted by Crippen LogP contribution is 2.44. The molecule has 1 unspecified atom stereocenters. The molecule has 7 rings (SSSR count). The highest BCUT2D eigenvalue weighted by molar-refractivity contribution is 5.84. The Balaban J connectivity index is 1.36. The van der Waals surface area contributed by atoms with Gasteiger partial charge in [0.05, 0.1) is 19.5 Å². The van der Waals surface area contributed by atoms with Crippen LogP contribution in [0, 0.1) is 0 Å². The van der Waals surface area contributed by atoms with Crippen LogP contribution in [0.5, 0.6) is 5.75 Å². The van der Waals surface area contributed by atoms with Crippen molar-refractivity contribution in [2.45, 2.75) is 49.6 Å². The van der Waals surface area contributed by atoms with Crippen LogP contribution in [0.25, 0.3) is 11.2 Å². The minimum atomic E-state index is -0.861. The normalized spacial score (nSPS) is 23.9. The Hall–Kier alpha value is -4.39. The van der Waals surface area contributed by atoms with Crippen LogP contribution in [0.3, 0.4) is 0 Å². The van der Waals surface area contributed by atoms with Crippen molar-refractivity contribution in [3.8, 4) is 5.75 Å². The van der Waals surface area contributed by atoms with Gasteiger partial charge < -0.3 is 34.1 Å². The van der Waals surface area contributed by atoms with E-state index in [0.29, 0.717) is 17.0 Å². The van der Waals surface area contributed by atoms with Crippen molar-refractivity contribution >= 4 is 17.0 Å². The number of aliphatic hydroxyl groups excluding tert-OH is 1. The molecule has 226 valence electrons. The Morgan fingerprint density at radius 3 is 2.07 bits per heavy atom. The number of ether oxygens (including phenoxy) is 5. The quantitative estimate of drug-likeness (QED) is 0.240. The fourth-order valence-corrected chi connectivity index (χ4v) is 6.22. The van der Waals surface area contributed by atoms with Gasteiger partial charge in [-0.05, 0) is 35.7 Å². The van der Waals surface area contributed by atoms with Gasteiger partial charge in [-0.15, -0.1) is 0 Å². The van der Waals surface area contributed by atoms with Crippen LogP contribution in [0.4, 0.5) is 5.82 Å². The van der Waals surface area contributed by atoms with Crippen molar-refractivity contribution in [1.29, 1.82) is 0 Å². The first-order valence-electron chi connectivity index (χ1n) is 14.4. The molecule has 2 fully saturated rings. The molecule has 5 aromatic rings. The predicted octanol–water partition coefficient (Wildman–Crippen LogP) is 4.23. The molecule has 11 heteroatoms. The van der Waals surface area contributed by atoms with Crippen molar-refractivity contribution in [2.24, 2.45) is 0 Å². The molecule has 3 aromatic carbocycles. The summed E-state index contributed by atoms with van der Waals surface area (Å²) in [7, 11) is 3.16. The molecule has 11 nitrogen and oxygen atoms in total. The lowest BCUT2D eigenvalue weighted by Gasteiger charge is -2.37. The predicted molar refractivity (Wildman–Crippen MR) is 161 cm³/mol. The summed E-state index contributed by atoms with van der Waals surface area (Å²) < 4.78 is 30.7. The molecule has 4 heterocycles. The highest BCUT2D eigenvalue weighted by atomic mass is 16.9. The summed E-state index contributed by atoms with van der Waals surface area (Å²) in [5.41, 5.74) is 3.20. The molecular weight excluding hydrogens is 562 g/mol. The number of benzene rings is 3. The Morgan fingerprint density at radius 1 is 0.818 bits per heavy atom. The van der Waals surface area contributed by atoms with Crippen molar-refractivity contribution in [1.82, 2.24) is 19.5 Å². The number of aliphatic hydroxyl groups is 1. The molecule has 0 aliphatic carbocycles. The van der Waals surface area contributed by atoms with Crippen LogP contribution in [-0.2, 0) is 24.5 Å². The summed E-state index contributed by atoms with van der Waals surface area (Å²) in [6, 6.07) is 28.4. The Morgan fingerprint density at radius 2 is 1.45 bits per heavy atom. The van der Waals surface area contributed by atoms with Gasteiger partial charge >= 0.3 is 0 Å². The van der Waals surface area contributed by atoms with Gasteiger partial charge in [0.25, 0.3) is 6.48 Å². The summed E-state index contributed by atoms with van der Waals surface area (Å²) in [6.45, 7) is 0.802. The van der Waals surface area contributed by atoms with Crippen molar-refractivity contribution < 1.29 is 28.8 Å². The van der Waals surface area contributed by atoms with Crippen LogP contribution < -0.4 is 10.1 Å². The maximum Gasteiger partial charge on any atom is 0.272 e. The third-order valence-corrected chi connectivity index (χ3v) is 8.31. The van der Waals surface area contributed by atoms with Gasteiger partial charge in [0.2, 0.25) is 0 Å². The van der Waals surface area contributed by atoms with Crippen LogP contribution in [-0.4, -0.2) is 69.7 Å². The third-order valence-electron chi connectivity index (χ3n) is 8.31. The van der Waals surface area contributed by atoms with E-state index in [0.717, 1.165) is 22.4 Å². The van der Waals surface area contributed by atoms with E-state index in [9.17, 15) is 5.11 Å². The molecule has 2 aliphatic rings. The fourth-order valence-electron chi connectivity index (χ4n) is 6.22. The first kappa shape index (κ1) is 28.4. The second-order valence-electron chi connectivity index (χ2n) is 10.8. The van der Waals surface area contributed by atoms with E-state index in [4.69, 9.17) is 33.7 Å². The van der Waals surface area contributed by atoms with E-state index in [1.165, 1.54) is 13.4 Å². The number of aromatic nitrogens is 4. The first-order valence-corrected chi connectivity index (χ1v) is 14.4. The van der Waals surface area contributed by atoms with E-state index in [-0.39, 0.29) is 0 Å². The molecule has 0 bridgehead atoms. The number of hydrogen-bond acceptors (Lipinski definition) is 10. The van der Waals surface area contributed by atoms with Crippen LogP contribution in [0.15, 0.2) is 97.6 Å². The summed E-state index contributed by atoms with van der Waals surface area (Å²) in [4.78, 5) is 14.1. The second-order valence-corrected chi connectivity index (χ2v) is 10.8. The molecule has 0 radical (unpaired) electrons. The van der Waals surface area contributed by atoms with Gasteiger partial charge in [-0.3, -0.25) is 4.57 Å².